The Hall–Kier alpha value is -1.26. The van der Waals surface area contributed by atoms with Crippen LogP contribution in [0.2, 0.25) is 0 Å². The van der Waals surface area contributed by atoms with Crippen LogP contribution >= 0.6 is 0 Å². The molecule has 1 atom stereocenters. The minimum atomic E-state index is -0.604. The Morgan fingerprint density at radius 3 is 2.09 bits per heavy atom. The van der Waals surface area contributed by atoms with Crippen molar-refractivity contribution >= 4 is 12.1 Å². The van der Waals surface area contributed by atoms with E-state index in [0.29, 0.717) is 19.1 Å². The number of nitrogens with zero attached hydrogens (tertiary/aromatic N) is 1. The number of rotatable bonds is 10. The van der Waals surface area contributed by atoms with Crippen molar-refractivity contribution in [1.29, 1.82) is 0 Å². The zero-order chi connectivity index (χ0) is 17.1. The first-order valence-electron chi connectivity index (χ1n) is 8.37. The zero-order valence-corrected chi connectivity index (χ0v) is 15.1. The molecule has 5 nitrogen and oxygen atoms in total. The van der Waals surface area contributed by atoms with E-state index in [1.165, 1.54) is 4.90 Å². The summed E-state index contributed by atoms with van der Waals surface area (Å²) in [6, 6.07) is -0.604. The fraction of sp³-hybridized carbons (Fsp3) is 0.882. The molecule has 0 saturated heterocycles. The van der Waals surface area contributed by atoms with Crippen LogP contribution in [0.5, 0.6) is 0 Å². The molecule has 0 radical (unpaired) electrons. The van der Waals surface area contributed by atoms with Crippen LogP contribution in [0.25, 0.3) is 0 Å². The van der Waals surface area contributed by atoms with Gasteiger partial charge in [0, 0.05) is 7.05 Å². The Bertz CT molecular complexity index is 329. The van der Waals surface area contributed by atoms with Crippen LogP contribution < -0.4 is 0 Å². The average Bonchev–Trinajstić information content (AvgIpc) is 2.43. The maximum Gasteiger partial charge on any atom is 0.410 e. The molecule has 130 valence electrons. The molecule has 5 heteroatoms. The van der Waals surface area contributed by atoms with E-state index in [-0.39, 0.29) is 11.9 Å². The smallest absolute Gasteiger partial charge is 0.410 e. The van der Waals surface area contributed by atoms with Crippen molar-refractivity contribution in [3.8, 4) is 0 Å². The molecule has 0 saturated carbocycles. The first-order chi connectivity index (χ1) is 10.3. The number of hydrogen-bond donors (Lipinski definition) is 0. The number of esters is 1. The minimum Gasteiger partial charge on any atom is -0.464 e. The molecular formula is C17H33NO4. The number of carbonyl (C=O) groups is 2. The van der Waals surface area contributed by atoms with Gasteiger partial charge in [0.15, 0.2) is 0 Å². The lowest BCUT2D eigenvalue weighted by molar-refractivity contribution is -0.150. The maximum atomic E-state index is 12.2. The zero-order valence-electron chi connectivity index (χ0n) is 15.1. The third kappa shape index (κ3) is 8.25. The summed E-state index contributed by atoms with van der Waals surface area (Å²) in [4.78, 5) is 25.6. The van der Waals surface area contributed by atoms with Gasteiger partial charge in [-0.3, -0.25) is 4.90 Å². The van der Waals surface area contributed by atoms with E-state index >= 15 is 0 Å². The van der Waals surface area contributed by atoms with E-state index in [0.717, 1.165) is 25.7 Å². The van der Waals surface area contributed by atoms with Crippen LogP contribution in [0.4, 0.5) is 4.79 Å². The Morgan fingerprint density at radius 2 is 1.59 bits per heavy atom. The third-order valence-corrected chi connectivity index (χ3v) is 3.47. The highest BCUT2D eigenvalue weighted by molar-refractivity contribution is 5.81. The standard InChI is InChI=1S/C17H33NO4/c1-7-8-11-22-17(20)18(6)15(14(4)5)16(19)21-12-9-10-13(2)3/h13-15H,7-12H2,1-6H3. The van der Waals surface area contributed by atoms with Crippen LogP contribution in [0.15, 0.2) is 0 Å². The van der Waals surface area contributed by atoms with Gasteiger partial charge in [0.2, 0.25) is 0 Å². The lowest BCUT2D eigenvalue weighted by Gasteiger charge is -2.28. The number of likely N-dealkylation sites (N-methyl/N-ethyl adjacent to an activating group) is 1. The lowest BCUT2D eigenvalue weighted by Crippen LogP contribution is -2.46. The quantitative estimate of drug-likeness (QED) is 0.454. The van der Waals surface area contributed by atoms with Gasteiger partial charge >= 0.3 is 12.1 Å². The predicted molar refractivity (Wildman–Crippen MR) is 87.7 cm³/mol. The van der Waals surface area contributed by atoms with Crippen molar-refractivity contribution < 1.29 is 19.1 Å². The summed E-state index contributed by atoms with van der Waals surface area (Å²) in [5, 5.41) is 0. The lowest BCUT2D eigenvalue weighted by atomic mass is 10.0. The maximum absolute atomic E-state index is 12.2. The van der Waals surface area contributed by atoms with Gasteiger partial charge in [0.05, 0.1) is 13.2 Å². The van der Waals surface area contributed by atoms with Crippen LogP contribution in [-0.4, -0.2) is 43.3 Å². The number of hydrogen-bond acceptors (Lipinski definition) is 4. The summed E-state index contributed by atoms with van der Waals surface area (Å²) < 4.78 is 10.5. The second-order valence-corrected chi connectivity index (χ2v) is 6.47. The second kappa shape index (κ2) is 11.3. The molecule has 1 unspecified atom stereocenters. The first-order valence-corrected chi connectivity index (χ1v) is 8.37. The van der Waals surface area contributed by atoms with Gasteiger partial charge in [0.25, 0.3) is 0 Å². The molecule has 0 aromatic carbocycles. The van der Waals surface area contributed by atoms with E-state index in [4.69, 9.17) is 9.47 Å². The third-order valence-electron chi connectivity index (χ3n) is 3.47. The summed E-state index contributed by atoms with van der Waals surface area (Å²) in [5.74, 6) is 0.214. The van der Waals surface area contributed by atoms with Crippen molar-refractivity contribution in [2.45, 2.75) is 66.3 Å². The number of amides is 1. The summed E-state index contributed by atoms with van der Waals surface area (Å²) in [7, 11) is 1.59. The van der Waals surface area contributed by atoms with Gasteiger partial charge in [0.1, 0.15) is 6.04 Å². The van der Waals surface area contributed by atoms with Crippen LogP contribution in [0, 0.1) is 11.8 Å². The molecule has 0 aliphatic heterocycles. The number of carbonyl (C=O) groups excluding carboxylic acids is 2. The fourth-order valence-electron chi connectivity index (χ4n) is 2.15. The fourth-order valence-corrected chi connectivity index (χ4v) is 2.15. The van der Waals surface area contributed by atoms with Crippen molar-refractivity contribution in [2.24, 2.45) is 11.8 Å². The number of unbranched alkanes of at least 4 members (excludes halogenated alkanes) is 1. The SMILES string of the molecule is CCCCOC(=O)N(C)C(C(=O)OCCCC(C)C)C(C)C. The molecule has 0 bridgehead atoms. The molecule has 0 aliphatic carbocycles. The first kappa shape index (κ1) is 20.7. The molecule has 0 N–H and O–H groups in total. The highest BCUT2D eigenvalue weighted by atomic mass is 16.6. The van der Waals surface area contributed by atoms with E-state index in [1.807, 2.05) is 20.8 Å². The van der Waals surface area contributed by atoms with Crippen molar-refractivity contribution in [1.82, 2.24) is 4.90 Å². The van der Waals surface area contributed by atoms with Crippen LogP contribution in [0.1, 0.15) is 60.3 Å². The van der Waals surface area contributed by atoms with E-state index in [9.17, 15) is 9.59 Å². The second-order valence-electron chi connectivity index (χ2n) is 6.47. The topological polar surface area (TPSA) is 55.8 Å². The molecule has 0 spiro atoms. The molecule has 0 fully saturated rings. The number of ether oxygens (including phenoxy) is 2. The summed E-state index contributed by atoms with van der Waals surface area (Å²) in [6.45, 7) is 10.9. The molecule has 0 aromatic rings. The molecule has 0 aliphatic rings. The molecule has 0 rings (SSSR count). The van der Waals surface area contributed by atoms with Gasteiger partial charge in [-0.25, -0.2) is 9.59 Å². The normalized spacial score (nSPS) is 12.4. The van der Waals surface area contributed by atoms with Gasteiger partial charge in [-0.15, -0.1) is 0 Å². The summed E-state index contributed by atoms with van der Waals surface area (Å²) >= 11 is 0. The molecule has 0 heterocycles. The van der Waals surface area contributed by atoms with Crippen LogP contribution in [-0.2, 0) is 14.3 Å². The van der Waals surface area contributed by atoms with Crippen molar-refractivity contribution in [2.75, 3.05) is 20.3 Å². The highest BCUT2D eigenvalue weighted by Crippen LogP contribution is 2.13. The van der Waals surface area contributed by atoms with Gasteiger partial charge in [-0.2, -0.15) is 0 Å². The van der Waals surface area contributed by atoms with Crippen molar-refractivity contribution in [3.63, 3.8) is 0 Å². The highest BCUT2D eigenvalue weighted by Gasteiger charge is 2.32. The molecule has 1 amide bonds. The molecular weight excluding hydrogens is 282 g/mol. The Morgan fingerprint density at radius 1 is 1.00 bits per heavy atom. The Labute approximate surface area is 135 Å². The van der Waals surface area contributed by atoms with Crippen LogP contribution in [0.3, 0.4) is 0 Å². The Balaban J connectivity index is 4.43. The Kier molecular flexibility index (Phi) is 10.7. The van der Waals surface area contributed by atoms with Gasteiger partial charge in [-0.05, 0) is 31.1 Å². The van der Waals surface area contributed by atoms with Crippen molar-refractivity contribution in [3.05, 3.63) is 0 Å². The minimum absolute atomic E-state index is 0.0266. The summed E-state index contributed by atoms with van der Waals surface area (Å²) in [5.41, 5.74) is 0. The van der Waals surface area contributed by atoms with E-state index in [1.54, 1.807) is 7.05 Å². The predicted octanol–water partition coefficient (Wildman–Crippen LogP) is 3.86. The monoisotopic (exact) mass is 315 g/mol. The largest absolute Gasteiger partial charge is 0.464 e. The summed E-state index contributed by atoms with van der Waals surface area (Å²) in [6.07, 6.45) is 3.19. The molecule has 22 heavy (non-hydrogen) atoms. The average molecular weight is 315 g/mol. The molecule has 0 aromatic heterocycles. The van der Waals surface area contributed by atoms with Gasteiger partial charge < -0.3 is 9.47 Å². The van der Waals surface area contributed by atoms with Gasteiger partial charge in [-0.1, -0.05) is 41.0 Å². The van der Waals surface area contributed by atoms with E-state index in [2.05, 4.69) is 13.8 Å². The van der Waals surface area contributed by atoms with E-state index < -0.39 is 12.1 Å².